The van der Waals surface area contributed by atoms with Crippen molar-refractivity contribution in [2.45, 2.75) is 6.54 Å². The Morgan fingerprint density at radius 3 is 2.85 bits per heavy atom. The molecule has 2 rings (SSSR count). The van der Waals surface area contributed by atoms with Gasteiger partial charge in [0, 0.05) is 31.2 Å². The van der Waals surface area contributed by atoms with E-state index >= 15 is 0 Å². The average Bonchev–Trinajstić information content (AvgIpc) is 2.87. The fourth-order valence-corrected chi connectivity index (χ4v) is 2.80. The lowest BCUT2D eigenvalue weighted by Gasteiger charge is -2.03. The van der Waals surface area contributed by atoms with Gasteiger partial charge in [-0.2, -0.15) is 0 Å². The maximum Gasteiger partial charge on any atom is 0.208 e. The van der Waals surface area contributed by atoms with E-state index in [2.05, 4.69) is 20.0 Å². The summed E-state index contributed by atoms with van der Waals surface area (Å²) >= 11 is 1.55. The summed E-state index contributed by atoms with van der Waals surface area (Å²) in [6.07, 6.45) is 2.89. The number of aromatic nitrogens is 2. The van der Waals surface area contributed by atoms with Gasteiger partial charge in [-0.3, -0.25) is 4.98 Å². The van der Waals surface area contributed by atoms with Crippen molar-refractivity contribution < 1.29 is 8.42 Å². The van der Waals surface area contributed by atoms with Crippen molar-refractivity contribution in [3.8, 4) is 10.7 Å². The number of nitrogens with one attached hydrogen (secondary N) is 2. The number of sulfonamides is 1. The molecule has 0 saturated heterocycles. The molecule has 0 bridgehead atoms. The van der Waals surface area contributed by atoms with Gasteiger partial charge in [0.2, 0.25) is 10.0 Å². The topological polar surface area (TPSA) is 84.0 Å². The lowest BCUT2D eigenvalue weighted by Crippen LogP contribution is -2.30. The van der Waals surface area contributed by atoms with Gasteiger partial charge in [0.1, 0.15) is 5.01 Å². The van der Waals surface area contributed by atoms with Crippen LogP contribution in [0.25, 0.3) is 10.7 Å². The van der Waals surface area contributed by atoms with Crippen LogP contribution in [0.2, 0.25) is 0 Å². The minimum Gasteiger partial charge on any atom is -0.310 e. The molecule has 0 atom stereocenters. The third-order valence-corrected chi connectivity index (χ3v) is 4.05. The average molecular weight is 312 g/mol. The van der Waals surface area contributed by atoms with E-state index in [4.69, 9.17) is 0 Å². The fourth-order valence-electron chi connectivity index (χ4n) is 1.54. The molecule has 0 aliphatic rings. The van der Waals surface area contributed by atoms with E-state index in [1.807, 2.05) is 23.6 Å². The second-order valence-corrected chi connectivity index (χ2v) is 6.89. The molecule has 0 fully saturated rings. The Hall–Kier alpha value is -1.35. The van der Waals surface area contributed by atoms with Crippen molar-refractivity contribution in [3.05, 3.63) is 35.5 Å². The van der Waals surface area contributed by atoms with Crippen molar-refractivity contribution in [2.75, 3.05) is 19.3 Å². The molecule has 8 heteroatoms. The Labute approximate surface area is 122 Å². The quantitative estimate of drug-likeness (QED) is 0.740. The van der Waals surface area contributed by atoms with Crippen molar-refractivity contribution >= 4 is 21.4 Å². The van der Waals surface area contributed by atoms with Gasteiger partial charge in [-0.15, -0.1) is 11.3 Å². The molecule has 0 amide bonds. The van der Waals surface area contributed by atoms with Crippen LogP contribution in [0.1, 0.15) is 5.69 Å². The van der Waals surface area contributed by atoms with Crippen LogP contribution in [0.5, 0.6) is 0 Å². The Balaban J connectivity index is 1.79. The fraction of sp³-hybridized carbons (Fsp3) is 0.333. The number of hydrogen-bond donors (Lipinski definition) is 2. The largest absolute Gasteiger partial charge is 0.310 e. The molecule has 2 aromatic rings. The van der Waals surface area contributed by atoms with Gasteiger partial charge in [0.05, 0.1) is 17.6 Å². The van der Waals surface area contributed by atoms with Crippen LogP contribution in [0.4, 0.5) is 0 Å². The number of thiazole rings is 1. The minimum absolute atomic E-state index is 0.371. The van der Waals surface area contributed by atoms with E-state index in [0.717, 1.165) is 22.7 Å². The van der Waals surface area contributed by atoms with Crippen LogP contribution in [0, 0.1) is 0 Å². The van der Waals surface area contributed by atoms with E-state index in [1.54, 1.807) is 17.5 Å². The molecule has 20 heavy (non-hydrogen) atoms. The van der Waals surface area contributed by atoms with E-state index in [0.29, 0.717) is 19.6 Å². The van der Waals surface area contributed by atoms with E-state index < -0.39 is 10.0 Å². The van der Waals surface area contributed by atoms with E-state index in [-0.39, 0.29) is 0 Å². The third-order valence-electron chi connectivity index (χ3n) is 2.41. The highest BCUT2D eigenvalue weighted by Gasteiger charge is 2.05. The predicted molar refractivity (Wildman–Crippen MR) is 79.9 cm³/mol. The molecule has 2 heterocycles. The molecular weight excluding hydrogens is 296 g/mol. The van der Waals surface area contributed by atoms with Crippen LogP contribution in [0.3, 0.4) is 0 Å². The van der Waals surface area contributed by atoms with E-state index in [1.165, 1.54) is 0 Å². The lowest BCUT2D eigenvalue weighted by atomic mass is 10.3. The van der Waals surface area contributed by atoms with Crippen molar-refractivity contribution in [1.29, 1.82) is 0 Å². The second kappa shape index (κ2) is 6.89. The highest BCUT2D eigenvalue weighted by atomic mass is 32.2. The van der Waals surface area contributed by atoms with Crippen LogP contribution < -0.4 is 10.0 Å². The first-order valence-corrected chi connectivity index (χ1v) is 8.83. The molecule has 0 radical (unpaired) electrons. The first kappa shape index (κ1) is 15.0. The van der Waals surface area contributed by atoms with Crippen LogP contribution in [0.15, 0.2) is 29.8 Å². The lowest BCUT2D eigenvalue weighted by molar-refractivity contribution is 0.581. The van der Waals surface area contributed by atoms with Crippen molar-refractivity contribution in [3.63, 3.8) is 0 Å². The third kappa shape index (κ3) is 4.97. The summed E-state index contributed by atoms with van der Waals surface area (Å²) in [6.45, 7) is 1.54. The summed E-state index contributed by atoms with van der Waals surface area (Å²) in [5.41, 5.74) is 1.79. The summed E-state index contributed by atoms with van der Waals surface area (Å²) in [5, 5.41) is 5.99. The minimum atomic E-state index is -3.11. The van der Waals surface area contributed by atoms with Crippen LogP contribution >= 0.6 is 11.3 Å². The molecule has 0 saturated carbocycles. The maximum atomic E-state index is 10.9. The summed E-state index contributed by atoms with van der Waals surface area (Å²) in [7, 11) is -3.11. The maximum absolute atomic E-state index is 10.9. The zero-order chi connectivity index (χ0) is 14.4. The van der Waals surface area contributed by atoms with Gasteiger partial charge in [0.25, 0.3) is 0 Å². The normalized spacial score (nSPS) is 11.7. The highest BCUT2D eigenvalue weighted by Crippen LogP contribution is 2.20. The number of rotatable bonds is 7. The van der Waals surface area contributed by atoms with E-state index in [9.17, 15) is 8.42 Å². The molecule has 2 aromatic heterocycles. The Morgan fingerprint density at radius 2 is 2.15 bits per heavy atom. The molecule has 6 nitrogen and oxygen atoms in total. The van der Waals surface area contributed by atoms with Gasteiger partial charge in [0.15, 0.2) is 0 Å². The van der Waals surface area contributed by atoms with Gasteiger partial charge >= 0.3 is 0 Å². The molecule has 0 aliphatic heterocycles. The monoisotopic (exact) mass is 312 g/mol. The highest BCUT2D eigenvalue weighted by molar-refractivity contribution is 7.88. The number of hydrogen-bond acceptors (Lipinski definition) is 6. The molecule has 2 N–H and O–H groups in total. The summed E-state index contributed by atoms with van der Waals surface area (Å²) in [4.78, 5) is 8.73. The molecule has 108 valence electrons. The summed E-state index contributed by atoms with van der Waals surface area (Å²) < 4.78 is 24.2. The molecule has 0 aromatic carbocycles. The van der Waals surface area contributed by atoms with Gasteiger partial charge in [-0.05, 0) is 12.1 Å². The van der Waals surface area contributed by atoms with Crippen LogP contribution in [-0.2, 0) is 16.6 Å². The first-order chi connectivity index (χ1) is 9.54. The van der Waals surface area contributed by atoms with Crippen molar-refractivity contribution in [1.82, 2.24) is 20.0 Å². The van der Waals surface area contributed by atoms with Gasteiger partial charge in [-0.1, -0.05) is 6.07 Å². The summed E-state index contributed by atoms with van der Waals surface area (Å²) in [5.74, 6) is 0. The molecular formula is C12H16N4O2S2. The molecule has 0 unspecified atom stereocenters. The Kier molecular flexibility index (Phi) is 5.18. The standard InChI is InChI=1S/C12H16N4O2S2/c1-20(17,18)15-7-6-13-8-10-9-19-12(16-10)11-4-2-3-5-14-11/h2-5,9,13,15H,6-8H2,1H3. The summed E-state index contributed by atoms with van der Waals surface area (Å²) in [6, 6.07) is 5.72. The second-order valence-electron chi connectivity index (χ2n) is 4.20. The zero-order valence-electron chi connectivity index (χ0n) is 11.0. The smallest absolute Gasteiger partial charge is 0.208 e. The van der Waals surface area contributed by atoms with Crippen molar-refractivity contribution in [2.24, 2.45) is 0 Å². The number of pyridine rings is 1. The Bertz CT molecular complexity index is 640. The zero-order valence-corrected chi connectivity index (χ0v) is 12.7. The number of nitrogens with zero attached hydrogens (tertiary/aromatic N) is 2. The first-order valence-electron chi connectivity index (χ1n) is 6.06. The van der Waals surface area contributed by atoms with Gasteiger partial charge in [-0.25, -0.2) is 18.1 Å². The molecule has 0 aliphatic carbocycles. The predicted octanol–water partition coefficient (Wildman–Crippen LogP) is 0.844. The SMILES string of the molecule is CS(=O)(=O)NCCNCc1csc(-c2ccccn2)n1. The van der Waals surface area contributed by atoms with Crippen LogP contribution in [-0.4, -0.2) is 37.7 Å². The van der Waals surface area contributed by atoms with Gasteiger partial charge < -0.3 is 5.32 Å². The molecule has 0 spiro atoms. The Morgan fingerprint density at radius 1 is 1.30 bits per heavy atom.